The smallest absolute Gasteiger partial charge is 0.323 e. The normalized spacial score (nSPS) is 10.8. The molecule has 0 aliphatic rings. The van der Waals surface area contributed by atoms with Gasteiger partial charge < -0.3 is 15.4 Å². The van der Waals surface area contributed by atoms with Crippen molar-refractivity contribution in [3.05, 3.63) is 0 Å². The second-order valence-electron chi connectivity index (χ2n) is 4.83. The zero-order chi connectivity index (χ0) is 14.3. The molecule has 1 heterocycles. The predicted octanol–water partition coefficient (Wildman–Crippen LogP) is 2.11. The predicted molar refractivity (Wildman–Crippen MR) is 77.4 cm³/mol. The highest BCUT2D eigenvalue weighted by atomic mass is 16.5. The topological polar surface area (TPSA) is 77.2 Å². The van der Waals surface area contributed by atoms with E-state index in [1.807, 2.05) is 18.7 Å². The summed E-state index contributed by atoms with van der Waals surface area (Å²) in [6.07, 6.45) is 2.12. The van der Waals surface area contributed by atoms with Crippen molar-refractivity contribution >= 4 is 11.9 Å². The van der Waals surface area contributed by atoms with E-state index in [4.69, 9.17) is 10.5 Å². The zero-order valence-corrected chi connectivity index (χ0v) is 12.4. The quantitative estimate of drug-likeness (QED) is 0.727. The lowest BCUT2D eigenvalue weighted by Gasteiger charge is -2.18. The van der Waals surface area contributed by atoms with Gasteiger partial charge in [-0.15, -0.1) is 0 Å². The van der Waals surface area contributed by atoms with Gasteiger partial charge in [0.15, 0.2) is 0 Å². The van der Waals surface area contributed by atoms with E-state index in [9.17, 15) is 0 Å². The van der Waals surface area contributed by atoms with E-state index in [1.165, 1.54) is 0 Å². The van der Waals surface area contributed by atoms with Gasteiger partial charge in [0, 0.05) is 13.1 Å². The fourth-order valence-electron chi connectivity index (χ4n) is 1.73. The van der Waals surface area contributed by atoms with Crippen LogP contribution in [0.25, 0.3) is 0 Å². The van der Waals surface area contributed by atoms with Gasteiger partial charge in [-0.05, 0) is 32.6 Å². The monoisotopic (exact) mass is 267 g/mol. The average molecular weight is 267 g/mol. The fourth-order valence-corrected chi connectivity index (χ4v) is 1.73. The minimum absolute atomic E-state index is 0.204. The molecule has 0 amide bonds. The summed E-state index contributed by atoms with van der Waals surface area (Å²) in [4.78, 5) is 14.4. The van der Waals surface area contributed by atoms with Gasteiger partial charge in [0.25, 0.3) is 0 Å². The fraction of sp³-hybridized carbons (Fsp3) is 0.769. The SMILES string of the molecule is CCN(CC)c1nc(N)nc(OCCCC(C)C)n1. The van der Waals surface area contributed by atoms with Crippen LogP contribution in [0.1, 0.15) is 40.5 Å². The molecule has 0 aliphatic carbocycles. The molecule has 0 unspecified atom stereocenters. The summed E-state index contributed by atoms with van der Waals surface area (Å²) >= 11 is 0. The van der Waals surface area contributed by atoms with Gasteiger partial charge in [0.05, 0.1) is 6.61 Å². The molecule has 0 aliphatic heterocycles. The molecule has 6 heteroatoms. The summed E-state index contributed by atoms with van der Waals surface area (Å²) in [6, 6.07) is 0.318. The van der Waals surface area contributed by atoms with Gasteiger partial charge in [-0.2, -0.15) is 15.0 Å². The second kappa shape index (κ2) is 7.76. The molecule has 0 fully saturated rings. The number of anilines is 2. The molecular weight excluding hydrogens is 242 g/mol. The van der Waals surface area contributed by atoms with Crippen molar-refractivity contribution in [2.24, 2.45) is 5.92 Å². The number of ether oxygens (including phenoxy) is 1. The van der Waals surface area contributed by atoms with Crippen molar-refractivity contribution in [3.63, 3.8) is 0 Å². The van der Waals surface area contributed by atoms with Crippen molar-refractivity contribution in [1.82, 2.24) is 15.0 Å². The van der Waals surface area contributed by atoms with Gasteiger partial charge in [-0.1, -0.05) is 13.8 Å². The minimum Gasteiger partial charge on any atom is -0.463 e. The van der Waals surface area contributed by atoms with Gasteiger partial charge in [0.2, 0.25) is 11.9 Å². The van der Waals surface area contributed by atoms with E-state index in [0.29, 0.717) is 24.5 Å². The van der Waals surface area contributed by atoms with Crippen LogP contribution < -0.4 is 15.4 Å². The first kappa shape index (κ1) is 15.5. The molecule has 0 saturated carbocycles. The molecule has 6 nitrogen and oxygen atoms in total. The molecule has 0 bridgehead atoms. The van der Waals surface area contributed by atoms with Gasteiger partial charge in [0.1, 0.15) is 0 Å². The summed E-state index contributed by atoms with van der Waals surface area (Å²) in [7, 11) is 0. The number of nitrogen functional groups attached to an aromatic ring is 1. The largest absolute Gasteiger partial charge is 0.463 e. The zero-order valence-electron chi connectivity index (χ0n) is 12.4. The Balaban J connectivity index is 2.63. The molecule has 0 radical (unpaired) electrons. The summed E-state index contributed by atoms with van der Waals surface area (Å²) in [5.41, 5.74) is 5.69. The summed E-state index contributed by atoms with van der Waals surface area (Å²) in [5, 5.41) is 0. The Morgan fingerprint density at radius 3 is 2.42 bits per heavy atom. The molecule has 1 aromatic rings. The lowest BCUT2D eigenvalue weighted by atomic mass is 10.1. The van der Waals surface area contributed by atoms with Crippen molar-refractivity contribution in [2.45, 2.75) is 40.5 Å². The highest BCUT2D eigenvalue weighted by molar-refractivity contribution is 5.35. The van der Waals surface area contributed by atoms with Crippen molar-refractivity contribution < 1.29 is 4.74 Å². The Kier molecular flexibility index (Phi) is 6.32. The number of aromatic nitrogens is 3. The molecule has 0 spiro atoms. The summed E-state index contributed by atoms with van der Waals surface area (Å²) in [6.45, 7) is 10.7. The summed E-state index contributed by atoms with van der Waals surface area (Å²) < 4.78 is 5.55. The number of nitrogens with two attached hydrogens (primary N) is 1. The Bertz CT molecular complexity index is 379. The van der Waals surface area contributed by atoms with Gasteiger partial charge >= 0.3 is 6.01 Å². The third-order valence-corrected chi connectivity index (χ3v) is 2.82. The van der Waals surface area contributed by atoms with Crippen LogP contribution in [-0.2, 0) is 0 Å². The summed E-state index contributed by atoms with van der Waals surface area (Å²) in [5.74, 6) is 1.46. The lowest BCUT2D eigenvalue weighted by molar-refractivity contribution is 0.275. The molecule has 108 valence electrons. The van der Waals surface area contributed by atoms with Crippen LogP contribution in [-0.4, -0.2) is 34.6 Å². The van der Waals surface area contributed by atoms with Crippen molar-refractivity contribution in [3.8, 4) is 6.01 Å². The van der Waals surface area contributed by atoms with E-state index >= 15 is 0 Å². The molecule has 1 rings (SSSR count). The van der Waals surface area contributed by atoms with Gasteiger partial charge in [-0.3, -0.25) is 0 Å². The highest BCUT2D eigenvalue weighted by Gasteiger charge is 2.10. The molecule has 0 saturated heterocycles. The van der Waals surface area contributed by atoms with E-state index in [0.717, 1.165) is 25.9 Å². The Hall–Kier alpha value is -1.59. The standard InChI is InChI=1S/C13H25N5O/c1-5-18(6-2)12-15-11(14)16-13(17-12)19-9-7-8-10(3)4/h10H,5-9H2,1-4H3,(H2,14,15,16,17). The first-order valence-electron chi connectivity index (χ1n) is 6.96. The van der Waals surface area contributed by atoms with E-state index < -0.39 is 0 Å². The van der Waals surface area contributed by atoms with Crippen LogP contribution >= 0.6 is 0 Å². The molecule has 1 aromatic heterocycles. The van der Waals surface area contributed by atoms with Crippen LogP contribution in [0.3, 0.4) is 0 Å². The van der Waals surface area contributed by atoms with Crippen molar-refractivity contribution in [2.75, 3.05) is 30.3 Å². The number of nitrogens with zero attached hydrogens (tertiary/aromatic N) is 4. The lowest BCUT2D eigenvalue weighted by Crippen LogP contribution is -2.25. The Morgan fingerprint density at radius 1 is 1.16 bits per heavy atom. The van der Waals surface area contributed by atoms with Crippen LogP contribution in [0.2, 0.25) is 0 Å². The number of rotatable bonds is 8. The maximum atomic E-state index is 5.69. The van der Waals surface area contributed by atoms with E-state index in [2.05, 4.69) is 28.8 Å². The molecule has 0 aromatic carbocycles. The second-order valence-corrected chi connectivity index (χ2v) is 4.83. The van der Waals surface area contributed by atoms with E-state index in [1.54, 1.807) is 0 Å². The molecular formula is C13H25N5O. The third kappa shape index (κ3) is 5.28. The van der Waals surface area contributed by atoms with Crippen LogP contribution in [0.5, 0.6) is 6.01 Å². The maximum Gasteiger partial charge on any atom is 0.323 e. The van der Waals surface area contributed by atoms with Gasteiger partial charge in [-0.25, -0.2) is 0 Å². The van der Waals surface area contributed by atoms with E-state index in [-0.39, 0.29) is 5.95 Å². The van der Waals surface area contributed by atoms with Crippen LogP contribution in [0.15, 0.2) is 0 Å². The van der Waals surface area contributed by atoms with Crippen molar-refractivity contribution in [1.29, 1.82) is 0 Å². The highest BCUT2D eigenvalue weighted by Crippen LogP contribution is 2.13. The first-order valence-corrected chi connectivity index (χ1v) is 6.96. The molecule has 19 heavy (non-hydrogen) atoms. The molecule has 2 N–H and O–H groups in total. The number of hydrogen-bond donors (Lipinski definition) is 1. The Morgan fingerprint density at radius 2 is 1.84 bits per heavy atom. The van der Waals surface area contributed by atoms with Crippen LogP contribution in [0.4, 0.5) is 11.9 Å². The Labute approximate surface area is 115 Å². The average Bonchev–Trinajstić information content (AvgIpc) is 2.35. The number of hydrogen-bond acceptors (Lipinski definition) is 6. The molecule has 0 atom stereocenters. The van der Waals surface area contributed by atoms with Crippen LogP contribution in [0, 0.1) is 5.92 Å². The minimum atomic E-state index is 0.204. The third-order valence-electron chi connectivity index (χ3n) is 2.82. The maximum absolute atomic E-state index is 5.69. The first-order chi connectivity index (χ1) is 9.06.